The van der Waals surface area contributed by atoms with Gasteiger partial charge in [0.1, 0.15) is 60.4 Å². The second-order valence-electron chi connectivity index (χ2n) is 33.2. The Morgan fingerprint density at radius 1 is 0.466 bits per heavy atom. The van der Waals surface area contributed by atoms with Crippen molar-refractivity contribution in [2.45, 2.75) is 302 Å². The Morgan fingerprint density at radius 2 is 0.883 bits per heavy atom. The molecule has 0 radical (unpaired) electrons. The van der Waals surface area contributed by atoms with Crippen LogP contribution < -0.4 is 16.0 Å². The summed E-state index contributed by atoms with van der Waals surface area (Å²) in [7, 11) is 11.7. The van der Waals surface area contributed by atoms with E-state index in [1.54, 1.807) is 53.5 Å². The quantitative estimate of drug-likeness (QED) is 0.147. The fourth-order valence-electron chi connectivity index (χ4n) is 15.9. The summed E-state index contributed by atoms with van der Waals surface area (Å²) in [6.07, 6.45) is 14.5. The fraction of sp³-hybridized carbons (Fsp3) is 0.844. The van der Waals surface area contributed by atoms with Crippen LogP contribution in [0.2, 0.25) is 0 Å². The number of amides is 12. The van der Waals surface area contributed by atoms with Gasteiger partial charge in [-0.05, 0) is 121 Å². The summed E-state index contributed by atoms with van der Waals surface area (Å²) in [5.74, 6) is -8.71. The van der Waals surface area contributed by atoms with Crippen LogP contribution in [0.4, 0.5) is 0 Å². The molecule has 2 aliphatic heterocycles. The van der Waals surface area contributed by atoms with Crippen LogP contribution in [-0.4, -0.2) is 275 Å². The summed E-state index contributed by atoms with van der Waals surface area (Å²) < 4.78 is 6.27. The Hall–Kier alpha value is -6.44. The smallest absolute Gasteiger partial charge is 0.248 e. The van der Waals surface area contributed by atoms with E-state index >= 15 is 43.2 Å². The van der Waals surface area contributed by atoms with Crippen LogP contribution in [0, 0.1) is 35.5 Å². The van der Waals surface area contributed by atoms with Crippen molar-refractivity contribution in [3.63, 3.8) is 0 Å². The van der Waals surface area contributed by atoms with E-state index in [4.69, 9.17) is 4.74 Å². The fourth-order valence-corrected chi connectivity index (χ4v) is 15.9. The van der Waals surface area contributed by atoms with E-state index < -0.39 is 162 Å². The van der Waals surface area contributed by atoms with Crippen LogP contribution in [0.5, 0.6) is 0 Å². The molecular weight excluding hydrogens is 1320 g/mol. The van der Waals surface area contributed by atoms with Crippen LogP contribution in [0.3, 0.4) is 0 Å². The van der Waals surface area contributed by atoms with Gasteiger partial charge in [-0.2, -0.15) is 0 Å². The second kappa shape index (κ2) is 40.3. The molecule has 2 heterocycles. The molecule has 0 aromatic heterocycles. The molecule has 0 aromatic rings. The molecule has 0 unspecified atom stereocenters. The molecule has 586 valence electrons. The number of hydrogen-bond acceptors (Lipinski definition) is 14. The Morgan fingerprint density at radius 3 is 1.35 bits per heavy atom. The van der Waals surface area contributed by atoms with Gasteiger partial charge in [0, 0.05) is 69.5 Å². The van der Waals surface area contributed by atoms with Gasteiger partial charge >= 0.3 is 0 Å². The van der Waals surface area contributed by atoms with Crippen molar-refractivity contribution in [1.29, 1.82) is 0 Å². The minimum absolute atomic E-state index is 0.00740. The number of hydrogen-bond donors (Lipinski definition) is 4. The summed E-state index contributed by atoms with van der Waals surface area (Å²) in [6.45, 7) is 19.0. The van der Waals surface area contributed by atoms with Gasteiger partial charge in [0.05, 0.1) is 31.3 Å². The molecule has 3 aliphatic carbocycles. The number of likely N-dealkylation sites (tertiary alicyclic amines) is 1. The van der Waals surface area contributed by atoms with E-state index in [1.807, 2.05) is 27.7 Å². The highest BCUT2D eigenvalue weighted by Gasteiger charge is 2.46. The molecule has 103 heavy (non-hydrogen) atoms. The van der Waals surface area contributed by atoms with Gasteiger partial charge in [-0.1, -0.05) is 138 Å². The van der Waals surface area contributed by atoms with E-state index in [9.17, 15) is 19.5 Å². The number of carbonyl (C=O) groups excluding carboxylic acids is 12. The number of nitrogens with zero attached hydrogens (tertiary/aromatic N) is 9. The summed E-state index contributed by atoms with van der Waals surface area (Å²) in [5.41, 5.74) is -0.828. The van der Waals surface area contributed by atoms with Crippen molar-refractivity contribution >= 4 is 70.9 Å². The normalized spacial score (nSPS) is 28.2. The van der Waals surface area contributed by atoms with Crippen LogP contribution in [-0.2, 0) is 62.3 Å². The number of aliphatic hydroxyl groups is 1. The average molecular weight is 1450 g/mol. The van der Waals surface area contributed by atoms with Gasteiger partial charge in [-0.3, -0.25) is 57.5 Å². The van der Waals surface area contributed by atoms with Crippen molar-refractivity contribution in [1.82, 2.24) is 60.0 Å². The third-order valence-electron chi connectivity index (χ3n) is 22.6. The van der Waals surface area contributed by atoms with E-state index in [1.165, 1.54) is 90.6 Å². The molecule has 26 heteroatoms. The van der Waals surface area contributed by atoms with E-state index in [0.717, 1.165) is 108 Å². The van der Waals surface area contributed by atoms with Crippen LogP contribution >= 0.6 is 0 Å². The zero-order valence-electron chi connectivity index (χ0n) is 66.4. The molecule has 2 saturated heterocycles. The Kier molecular flexibility index (Phi) is 34.1. The Bertz CT molecular complexity index is 2860. The zero-order chi connectivity index (χ0) is 77.1. The third kappa shape index (κ3) is 24.8. The standard InChI is InChI=1S/C77H134N12O14/c1-48(2)40-56-71(97)84(15)58(41-49(3)4)68(94)80-65(52(8)90)76(102)81(12)46-64(92)88(19)66(50(5)6)69(95)79-57(47-103-77(9,10)11)72(98)85(16)60(43-54-34-26-21-27-35-54)73(99)86(17)61(44-55-36-28-22-29-37-55)74(100)87(18)62(75(101)89-38-30-23-31-39-89)45-63(91)82(13)51(7)70(96)83(14)59(67(93)78-56)42-53-32-24-20-25-33-53/h48-62,65-66,90H,20-47H2,1-19H3,(H,78,93)(H,79,95)(H,80,94)/t51-,52+,56-,57-,58-,59-,60-,61-,62-,65-,66-/m0/s1. The SMILES string of the molecule is CC(C)C[C@@H]1NC(=O)[C@H](CC2CCCCC2)N(C)C(=O)[C@H](C)N(C)C(=O)C[C@@H](C(=O)N2CCCCC2)N(C)C(=O)[C@H](CC2CCCCC2)N(C)C(=O)[C@H](CC2CCCCC2)N(C)C(=O)[C@H](COC(C)(C)C)NC(=O)[C@H](C(C)C)N(C)C(=O)CN(C)C(=O)[C@H]([C@@H](C)O)NC(=O)[C@H](CC(C)C)N(C)C1=O. The molecule has 5 rings (SSSR count). The van der Waals surface area contributed by atoms with Gasteiger partial charge < -0.3 is 69.9 Å². The summed E-state index contributed by atoms with van der Waals surface area (Å²) >= 11 is 0. The van der Waals surface area contributed by atoms with E-state index in [2.05, 4.69) is 16.0 Å². The predicted octanol–water partition coefficient (Wildman–Crippen LogP) is 5.98. The first-order valence-electron chi connectivity index (χ1n) is 38.9. The van der Waals surface area contributed by atoms with E-state index in [0.29, 0.717) is 25.9 Å². The van der Waals surface area contributed by atoms with Crippen molar-refractivity contribution < 1.29 is 67.4 Å². The molecule has 11 atom stereocenters. The van der Waals surface area contributed by atoms with Crippen molar-refractivity contribution in [2.75, 3.05) is 82.6 Å². The summed E-state index contributed by atoms with van der Waals surface area (Å²) in [5, 5.41) is 19.8. The van der Waals surface area contributed by atoms with Gasteiger partial charge in [0.15, 0.2) is 0 Å². The van der Waals surface area contributed by atoms with Crippen LogP contribution in [0.15, 0.2) is 0 Å². The molecular formula is C77H134N12O14. The Labute approximate surface area is 616 Å². The van der Waals surface area contributed by atoms with Crippen molar-refractivity contribution in [3.8, 4) is 0 Å². The number of carbonyl (C=O) groups is 12. The minimum atomic E-state index is -1.63. The molecule has 26 nitrogen and oxygen atoms in total. The Balaban J connectivity index is 1.71. The predicted molar refractivity (Wildman–Crippen MR) is 395 cm³/mol. The topological polar surface area (TPSA) is 300 Å². The van der Waals surface area contributed by atoms with Crippen molar-refractivity contribution in [3.05, 3.63) is 0 Å². The monoisotopic (exact) mass is 1450 g/mol. The highest BCUT2D eigenvalue weighted by Crippen LogP contribution is 2.34. The third-order valence-corrected chi connectivity index (χ3v) is 22.6. The summed E-state index contributed by atoms with van der Waals surface area (Å²) in [6, 6.07) is -12.8. The number of nitrogens with one attached hydrogen (secondary N) is 3. The first-order valence-corrected chi connectivity index (χ1v) is 38.9. The first-order chi connectivity index (χ1) is 48.3. The van der Waals surface area contributed by atoms with E-state index in [-0.39, 0.29) is 68.3 Å². The van der Waals surface area contributed by atoms with Crippen LogP contribution in [0.25, 0.3) is 0 Å². The molecule has 3 saturated carbocycles. The molecule has 0 aromatic carbocycles. The van der Waals surface area contributed by atoms with Crippen LogP contribution in [0.1, 0.15) is 230 Å². The molecule has 0 bridgehead atoms. The number of piperidine rings is 1. The lowest BCUT2D eigenvalue weighted by Gasteiger charge is -2.41. The highest BCUT2D eigenvalue weighted by atomic mass is 16.5. The summed E-state index contributed by atoms with van der Waals surface area (Å²) in [4.78, 5) is 194. The molecule has 0 spiro atoms. The zero-order valence-corrected chi connectivity index (χ0v) is 66.4. The number of ether oxygens (including phenoxy) is 1. The maximum Gasteiger partial charge on any atom is 0.248 e. The number of likely N-dealkylation sites (N-methyl/N-ethyl adjacent to an activating group) is 8. The molecule has 4 N–H and O–H groups in total. The lowest BCUT2D eigenvalue weighted by atomic mass is 9.83. The van der Waals surface area contributed by atoms with Gasteiger partial charge in [-0.25, -0.2) is 0 Å². The number of rotatable bonds is 15. The number of aliphatic hydroxyl groups excluding tert-OH is 1. The van der Waals surface area contributed by atoms with Gasteiger partial charge in [0.25, 0.3) is 0 Å². The van der Waals surface area contributed by atoms with Gasteiger partial charge in [0.2, 0.25) is 70.9 Å². The van der Waals surface area contributed by atoms with Crippen molar-refractivity contribution in [2.24, 2.45) is 35.5 Å². The first kappa shape index (κ1) is 87.2. The average Bonchev–Trinajstić information content (AvgIpc) is 0.805. The maximum atomic E-state index is 16.0. The molecule has 5 aliphatic rings. The minimum Gasteiger partial charge on any atom is -0.391 e. The molecule has 12 amide bonds. The maximum absolute atomic E-state index is 16.0. The highest BCUT2D eigenvalue weighted by molar-refractivity contribution is 6.00. The van der Waals surface area contributed by atoms with Gasteiger partial charge in [-0.15, -0.1) is 0 Å². The lowest BCUT2D eigenvalue weighted by Crippen LogP contribution is -2.62. The molecule has 5 fully saturated rings. The lowest BCUT2D eigenvalue weighted by molar-refractivity contribution is -0.157. The largest absolute Gasteiger partial charge is 0.391 e. The second-order valence-corrected chi connectivity index (χ2v) is 33.2.